The molecule has 0 bridgehead atoms. The number of pyridine rings is 1. The van der Waals surface area contributed by atoms with Gasteiger partial charge in [-0.1, -0.05) is 6.92 Å². The van der Waals surface area contributed by atoms with Crippen LogP contribution in [0, 0.1) is 6.92 Å². The van der Waals surface area contributed by atoms with Gasteiger partial charge in [-0.3, -0.25) is 4.79 Å². The van der Waals surface area contributed by atoms with Crippen molar-refractivity contribution in [2.24, 2.45) is 5.73 Å². The lowest BCUT2D eigenvalue weighted by Gasteiger charge is -2.06. The van der Waals surface area contributed by atoms with E-state index in [1.54, 1.807) is 19.1 Å². The van der Waals surface area contributed by atoms with Gasteiger partial charge in [-0.25, -0.2) is 8.96 Å². The minimum Gasteiger partial charge on any atom is -0.330 e. The van der Waals surface area contributed by atoms with Gasteiger partial charge < -0.3 is 10.7 Å². The van der Waals surface area contributed by atoms with Gasteiger partial charge in [-0.15, -0.1) is 11.3 Å². The summed E-state index contributed by atoms with van der Waals surface area (Å²) in [5.41, 5.74) is 8.23. The lowest BCUT2D eigenvalue weighted by atomic mass is 10.1. The SMILES string of the molecule is CCc1cc(-c2ccc(S(=O)(=O)n3cnc(CCN)c3)s2)c(C)[nH]c1=O. The molecule has 0 amide bonds. The third kappa shape index (κ3) is 3.37. The largest absolute Gasteiger partial charge is 0.330 e. The van der Waals surface area contributed by atoms with Crippen molar-refractivity contribution in [3.05, 3.63) is 58.0 Å². The Morgan fingerprint density at radius 1 is 1.35 bits per heavy atom. The van der Waals surface area contributed by atoms with E-state index in [9.17, 15) is 13.2 Å². The van der Waals surface area contributed by atoms with Gasteiger partial charge in [-0.2, -0.15) is 8.42 Å². The van der Waals surface area contributed by atoms with Crippen molar-refractivity contribution in [2.75, 3.05) is 6.54 Å². The van der Waals surface area contributed by atoms with Crippen molar-refractivity contribution in [3.8, 4) is 10.4 Å². The topological polar surface area (TPSA) is 111 Å². The first-order valence-corrected chi connectivity index (χ1v) is 10.4. The first-order valence-electron chi connectivity index (χ1n) is 8.18. The second kappa shape index (κ2) is 7.18. The Labute approximate surface area is 155 Å². The second-order valence-electron chi connectivity index (χ2n) is 5.87. The van der Waals surface area contributed by atoms with E-state index in [1.165, 1.54) is 23.9 Å². The van der Waals surface area contributed by atoms with E-state index >= 15 is 0 Å². The summed E-state index contributed by atoms with van der Waals surface area (Å²) in [5.74, 6) is 0. The molecule has 0 fully saturated rings. The highest BCUT2D eigenvalue weighted by atomic mass is 32.2. The van der Waals surface area contributed by atoms with E-state index in [-0.39, 0.29) is 9.77 Å². The highest BCUT2D eigenvalue weighted by Gasteiger charge is 2.21. The number of nitrogens with one attached hydrogen (secondary N) is 1. The summed E-state index contributed by atoms with van der Waals surface area (Å²) in [6, 6.07) is 5.16. The normalized spacial score (nSPS) is 11.8. The highest BCUT2D eigenvalue weighted by Crippen LogP contribution is 2.33. The fourth-order valence-corrected chi connectivity index (χ4v) is 5.28. The summed E-state index contributed by atoms with van der Waals surface area (Å²) in [4.78, 5) is 19.6. The van der Waals surface area contributed by atoms with Gasteiger partial charge in [-0.05, 0) is 38.1 Å². The molecule has 7 nitrogen and oxygen atoms in total. The van der Waals surface area contributed by atoms with Crippen molar-refractivity contribution < 1.29 is 8.42 Å². The maximum atomic E-state index is 12.8. The Balaban J connectivity index is 2.00. The molecule has 3 heterocycles. The molecule has 3 aromatic rings. The number of aromatic nitrogens is 3. The number of H-pyrrole nitrogens is 1. The van der Waals surface area contributed by atoms with Crippen LogP contribution in [0.5, 0.6) is 0 Å². The van der Waals surface area contributed by atoms with E-state index in [1.807, 2.05) is 13.0 Å². The van der Waals surface area contributed by atoms with E-state index in [0.29, 0.717) is 36.3 Å². The third-order valence-corrected chi connectivity index (χ3v) is 7.28. The van der Waals surface area contributed by atoms with Crippen LogP contribution in [0.25, 0.3) is 10.4 Å². The quantitative estimate of drug-likeness (QED) is 0.666. The van der Waals surface area contributed by atoms with E-state index in [0.717, 1.165) is 14.4 Å². The molecule has 26 heavy (non-hydrogen) atoms. The van der Waals surface area contributed by atoms with Crippen LogP contribution in [-0.4, -0.2) is 28.9 Å². The summed E-state index contributed by atoms with van der Waals surface area (Å²) in [6.07, 6.45) is 3.91. The Kier molecular flexibility index (Phi) is 5.12. The molecule has 3 rings (SSSR count). The van der Waals surface area contributed by atoms with Crippen molar-refractivity contribution in [3.63, 3.8) is 0 Å². The molecule has 3 aromatic heterocycles. The Morgan fingerprint density at radius 2 is 2.12 bits per heavy atom. The summed E-state index contributed by atoms with van der Waals surface area (Å²) in [5, 5.41) is 0. The lowest BCUT2D eigenvalue weighted by Crippen LogP contribution is -2.13. The predicted octanol–water partition coefficient (Wildman–Crippen LogP) is 1.91. The predicted molar refractivity (Wildman–Crippen MR) is 102 cm³/mol. The number of hydrogen-bond donors (Lipinski definition) is 2. The van der Waals surface area contributed by atoms with Crippen LogP contribution >= 0.6 is 11.3 Å². The molecule has 9 heteroatoms. The molecule has 0 saturated heterocycles. The average Bonchev–Trinajstić information content (AvgIpc) is 3.25. The van der Waals surface area contributed by atoms with Crippen molar-refractivity contribution in [1.82, 2.24) is 13.9 Å². The number of imidazole rings is 1. The number of nitrogens with zero attached hydrogens (tertiary/aromatic N) is 2. The molecule has 0 aliphatic rings. The van der Waals surface area contributed by atoms with Gasteiger partial charge in [0.15, 0.2) is 0 Å². The van der Waals surface area contributed by atoms with Gasteiger partial charge in [0.1, 0.15) is 10.5 Å². The second-order valence-corrected chi connectivity index (χ2v) is 9.03. The maximum Gasteiger partial charge on any atom is 0.278 e. The van der Waals surface area contributed by atoms with Crippen LogP contribution in [0.15, 0.2) is 39.7 Å². The van der Waals surface area contributed by atoms with Crippen molar-refractivity contribution in [2.45, 2.75) is 30.9 Å². The lowest BCUT2D eigenvalue weighted by molar-refractivity contribution is 0.589. The number of nitrogens with two attached hydrogens (primary N) is 1. The number of aromatic amines is 1. The van der Waals surface area contributed by atoms with Crippen LogP contribution < -0.4 is 11.3 Å². The molecule has 0 atom stereocenters. The van der Waals surface area contributed by atoms with Crippen LogP contribution in [0.3, 0.4) is 0 Å². The minimum absolute atomic E-state index is 0.107. The third-order valence-electron chi connectivity index (χ3n) is 4.09. The zero-order valence-electron chi connectivity index (χ0n) is 14.5. The van der Waals surface area contributed by atoms with Gasteiger partial charge in [0.25, 0.3) is 15.6 Å². The first kappa shape index (κ1) is 18.6. The number of rotatable bonds is 6. The standard InChI is InChI=1S/C17H20N4O3S2/c1-3-12-8-14(11(2)20-17(12)22)15-4-5-16(25-15)26(23,24)21-9-13(6-7-18)19-10-21/h4-5,8-10H,3,6-7,18H2,1-2H3,(H,20,22). The van der Waals surface area contributed by atoms with E-state index < -0.39 is 10.0 Å². The average molecular weight is 393 g/mol. The summed E-state index contributed by atoms with van der Waals surface area (Å²) >= 11 is 1.17. The summed E-state index contributed by atoms with van der Waals surface area (Å²) in [7, 11) is -3.70. The number of hydrogen-bond acceptors (Lipinski definition) is 6. The zero-order valence-corrected chi connectivity index (χ0v) is 16.2. The van der Waals surface area contributed by atoms with Gasteiger partial charge >= 0.3 is 0 Å². The summed E-state index contributed by atoms with van der Waals surface area (Å²) in [6.45, 7) is 4.12. The van der Waals surface area contributed by atoms with Crippen molar-refractivity contribution >= 4 is 21.4 Å². The van der Waals surface area contributed by atoms with Crippen LogP contribution in [0.4, 0.5) is 0 Å². The van der Waals surface area contributed by atoms with Gasteiger partial charge in [0.2, 0.25) is 0 Å². The molecular weight excluding hydrogens is 372 g/mol. The minimum atomic E-state index is -3.70. The molecule has 138 valence electrons. The zero-order chi connectivity index (χ0) is 18.9. The van der Waals surface area contributed by atoms with E-state index in [4.69, 9.17) is 5.73 Å². The summed E-state index contributed by atoms with van der Waals surface area (Å²) < 4.78 is 26.9. The Hall–Kier alpha value is -2.23. The molecule has 0 aliphatic carbocycles. The number of thiophene rings is 1. The van der Waals surface area contributed by atoms with E-state index in [2.05, 4.69) is 9.97 Å². The molecule has 0 unspecified atom stereocenters. The number of aryl methyl sites for hydroxylation is 2. The molecule has 0 radical (unpaired) electrons. The van der Waals surface area contributed by atoms with Gasteiger partial charge in [0.05, 0.1) is 5.69 Å². The van der Waals surface area contributed by atoms with Crippen LogP contribution in [-0.2, 0) is 22.9 Å². The Bertz CT molecular complexity index is 1090. The maximum absolute atomic E-state index is 12.8. The van der Waals surface area contributed by atoms with Gasteiger partial charge in [0, 0.05) is 34.3 Å². The fourth-order valence-electron chi connectivity index (χ4n) is 2.64. The smallest absolute Gasteiger partial charge is 0.278 e. The highest BCUT2D eigenvalue weighted by molar-refractivity contribution is 7.92. The monoisotopic (exact) mass is 392 g/mol. The molecule has 0 aromatic carbocycles. The fraction of sp³-hybridized carbons (Fsp3) is 0.294. The Morgan fingerprint density at radius 3 is 2.81 bits per heavy atom. The molecular formula is C17H20N4O3S2. The van der Waals surface area contributed by atoms with Crippen LogP contribution in [0.1, 0.15) is 23.9 Å². The molecule has 0 saturated carbocycles. The molecule has 0 aliphatic heterocycles. The molecule has 0 spiro atoms. The molecule has 3 N–H and O–H groups in total. The van der Waals surface area contributed by atoms with Crippen LogP contribution in [0.2, 0.25) is 0 Å². The first-order chi connectivity index (χ1) is 12.4. The van der Waals surface area contributed by atoms with Crippen molar-refractivity contribution in [1.29, 1.82) is 0 Å².